The van der Waals surface area contributed by atoms with Crippen LogP contribution in [0.4, 0.5) is 11.4 Å². The number of nitrogens with zero attached hydrogens (tertiary/aromatic N) is 2. The van der Waals surface area contributed by atoms with Gasteiger partial charge in [-0.1, -0.05) is 60.7 Å². The van der Waals surface area contributed by atoms with Crippen LogP contribution in [0.2, 0.25) is 0 Å². The first-order chi connectivity index (χ1) is 16.2. The van der Waals surface area contributed by atoms with Crippen LogP contribution in [0.3, 0.4) is 0 Å². The first-order valence-electron chi connectivity index (χ1n) is 10.8. The maximum absolute atomic E-state index is 13.3. The molecule has 33 heavy (non-hydrogen) atoms. The second kappa shape index (κ2) is 10.5. The number of rotatable bonds is 8. The summed E-state index contributed by atoms with van der Waals surface area (Å²) in [4.78, 5) is 0.702. The van der Waals surface area contributed by atoms with Crippen molar-refractivity contribution in [3.05, 3.63) is 125 Å². The number of ether oxygens (including phenoxy) is 2. The van der Waals surface area contributed by atoms with Gasteiger partial charge in [0.05, 0.1) is 14.2 Å². The average Bonchev–Trinajstić information content (AvgIpc) is 2.86. The summed E-state index contributed by atoms with van der Waals surface area (Å²) in [6, 6.07) is 31.0. The van der Waals surface area contributed by atoms with Crippen molar-refractivity contribution < 1.29 is 14.3 Å². The number of azo groups is 1. The Kier molecular flexibility index (Phi) is 7.00. The molecule has 5 nitrogen and oxygen atoms in total. The first-order valence-corrected chi connectivity index (χ1v) is 10.8. The summed E-state index contributed by atoms with van der Waals surface area (Å²) >= 11 is 0. The molecule has 0 aliphatic rings. The van der Waals surface area contributed by atoms with E-state index in [0.717, 1.165) is 28.0 Å². The number of methoxy groups -OCH3 is 2. The smallest absolute Gasteiger partial charge is 0.248 e. The fourth-order valence-electron chi connectivity index (χ4n) is 3.83. The van der Waals surface area contributed by atoms with Crippen molar-refractivity contribution in [1.82, 2.24) is 0 Å². The summed E-state index contributed by atoms with van der Waals surface area (Å²) in [6.07, 6.45) is 1.24. The van der Waals surface area contributed by atoms with Crippen LogP contribution in [-0.2, 0) is 12.8 Å². The van der Waals surface area contributed by atoms with Gasteiger partial charge >= 0.3 is 0 Å². The predicted octanol–water partition coefficient (Wildman–Crippen LogP) is 6.81. The Bertz CT molecular complexity index is 1220. The lowest BCUT2D eigenvalue weighted by molar-refractivity contribution is -0.436. The van der Waals surface area contributed by atoms with Gasteiger partial charge in [0.2, 0.25) is 5.69 Å². The minimum atomic E-state index is 0.501. The van der Waals surface area contributed by atoms with E-state index in [2.05, 4.69) is 29.4 Å². The molecule has 4 aromatic carbocycles. The van der Waals surface area contributed by atoms with Gasteiger partial charge in [-0.2, -0.15) is 0 Å². The van der Waals surface area contributed by atoms with E-state index >= 15 is 0 Å². The van der Waals surface area contributed by atoms with Crippen molar-refractivity contribution in [3.8, 4) is 11.5 Å². The van der Waals surface area contributed by atoms with Crippen molar-refractivity contribution in [2.24, 2.45) is 5.11 Å². The molecule has 0 fully saturated rings. The van der Waals surface area contributed by atoms with Crippen LogP contribution in [0.15, 0.2) is 102 Å². The summed E-state index contributed by atoms with van der Waals surface area (Å²) in [5.74, 6) is 1.47. The third kappa shape index (κ3) is 5.39. The zero-order chi connectivity index (χ0) is 23.0. The van der Waals surface area contributed by atoms with Crippen molar-refractivity contribution in [1.29, 1.82) is 0 Å². The van der Waals surface area contributed by atoms with Crippen molar-refractivity contribution in [2.45, 2.75) is 12.8 Å². The van der Waals surface area contributed by atoms with Crippen LogP contribution in [0, 0.1) is 5.21 Å². The van der Waals surface area contributed by atoms with Crippen LogP contribution in [0.25, 0.3) is 0 Å². The molecule has 0 radical (unpaired) electrons. The van der Waals surface area contributed by atoms with E-state index in [1.54, 1.807) is 44.6 Å². The van der Waals surface area contributed by atoms with Crippen molar-refractivity contribution in [3.63, 3.8) is 0 Å². The lowest BCUT2D eigenvalue weighted by atomic mass is 9.93. The van der Waals surface area contributed by atoms with E-state index in [0.29, 0.717) is 34.8 Å². The van der Waals surface area contributed by atoms with Crippen LogP contribution < -0.4 is 9.47 Å². The molecule has 0 amide bonds. The summed E-state index contributed by atoms with van der Waals surface area (Å²) in [5, 5.41) is 17.6. The van der Waals surface area contributed by atoms with Crippen molar-refractivity contribution in [2.75, 3.05) is 14.2 Å². The van der Waals surface area contributed by atoms with Gasteiger partial charge in [-0.3, -0.25) is 0 Å². The topological polar surface area (TPSA) is 56.9 Å². The fraction of sp³-hybridized carbons (Fsp3) is 0.143. The highest BCUT2D eigenvalue weighted by molar-refractivity contribution is 5.56. The molecule has 0 atom stereocenters. The molecule has 5 heteroatoms. The average molecular weight is 439 g/mol. The summed E-state index contributed by atoms with van der Waals surface area (Å²) in [5.41, 5.74) is 5.19. The standard InChI is InChI=1S/C28H26N2O3/c1-32-24-15-13-23(14-16-24)29-30(31)27-17-18-28(33-2)26(20-22-11-7-4-8-12-22)25(27)19-21-9-5-3-6-10-21/h3-18H,19-20H2,1-2H3. The fourth-order valence-corrected chi connectivity index (χ4v) is 3.83. The van der Waals surface area contributed by atoms with Gasteiger partial charge in [0, 0.05) is 35.1 Å². The molecule has 4 rings (SSSR count). The molecule has 0 aromatic heterocycles. The summed E-state index contributed by atoms with van der Waals surface area (Å²) < 4.78 is 10.9. The van der Waals surface area contributed by atoms with E-state index in [9.17, 15) is 5.21 Å². The van der Waals surface area contributed by atoms with Gasteiger partial charge in [0.15, 0.2) is 0 Å². The highest BCUT2D eigenvalue weighted by Gasteiger charge is 2.21. The van der Waals surface area contributed by atoms with Gasteiger partial charge < -0.3 is 14.7 Å². The molecule has 0 spiro atoms. The SMILES string of the molecule is COc1ccc(N=[N+]([O-])c2ccc(OC)c(Cc3ccccc3)c2Cc2ccccc2)cc1. The molecule has 0 heterocycles. The third-order valence-corrected chi connectivity index (χ3v) is 5.52. The van der Waals surface area contributed by atoms with E-state index in [1.807, 2.05) is 42.5 Å². The predicted molar refractivity (Wildman–Crippen MR) is 130 cm³/mol. The van der Waals surface area contributed by atoms with E-state index in [-0.39, 0.29) is 0 Å². The monoisotopic (exact) mass is 438 g/mol. The molecule has 0 saturated carbocycles. The van der Waals surface area contributed by atoms with Gasteiger partial charge in [0.25, 0.3) is 0 Å². The van der Waals surface area contributed by atoms with E-state index < -0.39 is 0 Å². The molecule has 0 bridgehead atoms. The summed E-state index contributed by atoms with van der Waals surface area (Å²) in [6.45, 7) is 0. The Morgan fingerprint density at radius 1 is 0.667 bits per heavy atom. The van der Waals surface area contributed by atoms with Crippen LogP contribution >= 0.6 is 0 Å². The maximum Gasteiger partial charge on any atom is 0.248 e. The second-order valence-corrected chi connectivity index (χ2v) is 7.64. The van der Waals surface area contributed by atoms with Gasteiger partial charge in [-0.25, -0.2) is 0 Å². The van der Waals surface area contributed by atoms with Crippen LogP contribution in [0.5, 0.6) is 11.5 Å². The molecule has 4 aromatic rings. The zero-order valence-electron chi connectivity index (χ0n) is 18.8. The van der Waals surface area contributed by atoms with Crippen molar-refractivity contribution >= 4 is 11.4 Å². The molecule has 0 aliphatic heterocycles. The minimum Gasteiger partial charge on any atom is -0.594 e. The van der Waals surface area contributed by atoms with Crippen LogP contribution in [-0.4, -0.2) is 19.1 Å². The quantitative estimate of drug-likeness (QED) is 0.172. The molecular formula is C28H26N2O3. The molecule has 0 aliphatic carbocycles. The Labute approximate surface area is 194 Å². The first kappa shape index (κ1) is 22.1. The second-order valence-electron chi connectivity index (χ2n) is 7.64. The maximum atomic E-state index is 13.3. The van der Waals surface area contributed by atoms with Gasteiger partial charge in [-0.05, 0) is 46.3 Å². The van der Waals surface area contributed by atoms with E-state index in [4.69, 9.17) is 9.47 Å². The zero-order valence-corrected chi connectivity index (χ0v) is 18.8. The molecule has 166 valence electrons. The normalized spacial score (nSPS) is 11.3. The summed E-state index contributed by atoms with van der Waals surface area (Å²) in [7, 11) is 3.26. The third-order valence-electron chi connectivity index (χ3n) is 5.52. The number of hydrogen-bond donors (Lipinski definition) is 0. The van der Waals surface area contributed by atoms with Gasteiger partial charge in [-0.15, -0.1) is 0 Å². The van der Waals surface area contributed by atoms with E-state index in [1.165, 1.54) is 0 Å². The van der Waals surface area contributed by atoms with Crippen LogP contribution in [0.1, 0.15) is 22.3 Å². The minimum absolute atomic E-state index is 0.501. The molecular weight excluding hydrogens is 412 g/mol. The Hall–Kier alpha value is -4.12. The Morgan fingerprint density at radius 2 is 1.24 bits per heavy atom. The Morgan fingerprint density at radius 3 is 1.79 bits per heavy atom. The highest BCUT2D eigenvalue weighted by atomic mass is 16.5. The van der Waals surface area contributed by atoms with Gasteiger partial charge in [0.1, 0.15) is 17.2 Å². The lowest BCUT2D eigenvalue weighted by Crippen LogP contribution is -2.06. The largest absolute Gasteiger partial charge is 0.594 e. The number of benzene rings is 4. The lowest BCUT2D eigenvalue weighted by Gasteiger charge is -2.16. The highest BCUT2D eigenvalue weighted by Crippen LogP contribution is 2.35. The Balaban J connectivity index is 1.82. The molecule has 0 unspecified atom stereocenters. The molecule has 0 saturated heterocycles. The molecule has 0 N–H and O–H groups in total. The number of hydrogen-bond acceptors (Lipinski definition) is 4.